The van der Waals surface area contributed by atoms with Crippen molar-refractivity contribution in [2.24, 2.45) is 5.92 Å². The Hall–Kier alpha value is -0.140. The second kappa shape index (κ2) is 5.81. The van der Waals surface area contributed by atoms with E-state index in [0.717, 1.165) is 5.92 Å². The van der Waals surface area contributed by atoms with Crippen LogP contribution in [0.25, 0.3) is 0 Å². The quantitative estimate of drug-likeness (QED) is 0.399. The van der Waals surface area contributed by atoms with E-state index in [4.69, 9.17) is 11.6 Å². The Balaban J connectivity index is 1.58. The molecule has 0 amide bonds. The molecule has 0 radical (unpaired) electrons. The molecule has 0 aromatic heterocycles. The summed E-state index contributed by atoms with van der Waals surface area (Å²) < 4.78 is 0. The maximum atomic E-state index is 6.25. The van der Waals surface area contributed by atoms with Crippen molar-refractivity contribution in [3.05, 3.63) is 30.3 Å². The van der Waals surface area contributed by atoms with E-state index in [1.165, 1.54) is 36.3 Å². The molecule has 0 heterocycles. The summed E-state index contributed by atoms with van der Waals surface area (Å²) in [5, 5.41) is 0.446. The van der Waals surface area contributed by atoms with Crippen LogP contribution in [0.2, 0.25) is 0 Å². The zero-order chi connectivity index (χ0) is 10.5. The molecule has 0 aliphatic heterocycles. The summed E-state index contributed by atoms with van der Waals surface area (Å²) in [6, 6.07) is 10.6. The van der Waals surface area contributed by atoms with Crippen molar-refractivity contribution < 1.29 is 0 Å². The van der Waals surface area contributed by atoms with E-state index in [1.54, 1.807) is 0 Å². The predicted molar refractivity (Wildman–Crippen MR) is 68.8 cm³/mol. The van der Waals surface area contributed by atoms with Crippen molar-refractivity contribution in [3.8, 4) is 0 Å². The molecule has 1 aliphatic carbocycles. The zero-order valence-electron chi connectivity index (χ0n) is 8.86. The number of rotatable bonds is 6. The number of alkyl halides is 1. The zero-order valence-corrected chi connectivity index (χ0v) is 10.4. The molecule has 0 bridgehead atoms. The first-order chi connectivity index (χ1) is 7.36. The summed E-state index contributed by atoms with van der Waals surface area (Å²) in [5.74, 6) is 2.04. The van der Waals surface area contributed by atoms with E-state index < -0.39 is 0 Å². The fourth-order valence-electron chi connectivity index (χ4n) is 1.68. The Morgan fingerprint density at radius 3 is 2.67 bits per heavy atom. The van der Waals surface area contributed by atoms with Gasteiger partial charge in [0.2, 0.25) is 0 Å². The summed E-state index contributed by atoms with van der Waals surface area (Å²) in [4.78, 5) is 1.37. The number of halogens is 1. The molecule has 1 saturated carbocycles. The van der Waals surface area contributed by atoms with Gasteiger partial charge in [-0.3, -0.25) is 0 Å². The molecule has 1 aromatic carbocycles. The van der Waals surface area contributed by atoms with Crippen LogP contribution in [0.1, 0.15) is 25.7 Å². The van der Waals surface area contributed by atoms with Crippen LogP contribution in [-0.2, 0) is 0 Å². The molecule has 15 heavy (non-hydrogen) atoms. The standard InChI is InChI=1S/C13H17ClS/c14-13(11-8-9-11)7-4-10-15-12-5-2-1-3-6-12/h1-3,5-6,11,13H,4,7-10H2. The average molecular weight is 241 g/mol. The molecular weight excluding hydrogens is 224 g/mol. The number of benzene rings is 1. The third-order valence-electron chi connectivity index (χ3n) is 2.77. The van der Waals surface area contributed by atoms with Crippen molar-refractivity contribution in [2.75, 3.05) is 5.75 Å². The first-order valence-corrected chi connectivity index (χ1v) is 7.10. The van der Waals surface area contributed by atoms with Gasteiger partial charge in [-0.2, -0.15) is 0 Å². The minimum Gasteiger partial charge on any atom is -0.126 e. The van der Waals surface area contributed by atoms with Crippen LogP contribution in [0.4, 0.5) is 0 Å². The first kappa shape index (κ1) is 11.3. The SMILES string of the molecule is ClC(CCCSc1ccccc1)C1CC1. The number of thioether (sulfide) groups is 1. The van der Waals surface area contributed by atoms with E-state index in [0.29, 0.717) is 5.38 Å². The van der Waals surface area contributed by atoms with Crippen LogP contribution in [-0.4, -0.2) is 11.1 Å². The molecule has 0 nitrogen and oxygen atoms in total. The predicted octanol–water partition coefficient (Wildman–Crippen LogP) is 4.58. The van der Waals surface area contributed by atoms with E-state index >= 15 is 0 Å². The molecule has 2 heteroatoms. The van der Waals surface area contributed by atoms with Crippen molar-refractivity contribution in [2.45, 2.75) is 36.0 Å². The maximum Gasteiger partial charge on any atom is 0.0364 e. The molecule has 1 atom stereocenters. The van der Waals surface area contributed by atoms with Gasteiger partial charge in [-0.05, 0) is 49.5 Å². The summed E-state index contributed by atoms with van der Waals surface area (Å²) in [6.45, 7) is 0. The van der Waals surface area contributed by atoms with Gasteiger partial charge in [-0.15, -0.1) is 23.4 Å². The van der Waals surface area contributed by atoms with Crippen LogP contribution < -0.4 is 0 Å². The molecule has 1 aliphatic rings. The van der Waals surface area contributed by atoms with Crippen molar-refractivity contribution in [1.29, 1.82) is 0 Å². The molecule has 1 aromatic rings. The lowest BCUT2D eigenvalue weighted by Crippen LogP contribution is -2.01. The van der Waals surface area contributed by atoms with Gasteiger partial charge in [-0.1, -0.05) is 18.2 Å². The molecule has 0 saturated heterocycles. The average Bonchev–Trinajstić information content (AvgIpc) is 3.09. The largest absolute Gasteiger partial charge is 0.126 e. The third kappa shape index (κ3) is 4.08. The van der Waals surface area contributed by atoms with Crippen LogP contribution in [0, 0.1) is 5.92 Å². The van der Waals surface area contributed by atoms with E-state index in [1.807, 2.05) is 11.8 Å². The van der Waals surface area contributed by atoms with E-state index in [-0.39, 0.29) is 0 Å². The second-order valence-electron chi connectivity index (χ2n) is 4.16. The van der Waals surface area contributed by atoms with E-state index in [9.17, 15) is 0 Å². The molecule has 0 N–H and O–H groups in total. The molecular formula is C13H17ClS. The molecule has 82 valence electrons. The lowest BCUT2D eigenvalue weighted by molar-refractivity contribution is 0.668. The van der Waals surface area contributed by atoms with Crippen molar-refractivity contribution in [3.63, 3.8) is 0 Å². The van der Waals surface area contributed by atoms with Crippen LogP contribution in [0.3, 0.4) is 0 Å². The smallest absolute Gasteiger partial charge is 0.0364 e. The minimum absolute atomic E-state index is 0.446. The van der Waals surface area contributed by atoms with Gasteiger partial charge in [0.1, 0.15) is 0 Å². The Morgan fingerprint density at radius 2 is 2.00 bits per heavy atom. The highest BCUT2D eigenvalue weighted by Crippen LogP contribution is 2.37. The van der Waals surface area contributed by atoms with Gasteiger partial charge < -0.3 is 0 Å². The topological polar surface area (TPSA) is 0 Å². The first-order valence-electron chi connectivity index (χ1n) is 5.68. The van der Waals surface area contributed by atoms with Crippen molar-refractivity contribution >= 4 is 23.4 Å². The highest BCUT2D eigenvalue weighted by atomic mass is 35.5. The Bertz CT molecular complexity index is 282. The summed E-state index contributed by atoms with van der Waals surface area (Å²) >= 11 is 8.19. The number of hydrogen-bond donors (Lipinski definition) is 0. The molecule has 1 fully saturated rings. The fourth-order valence-corrected chi connectivity index (χ4v) is 2.98. The monoisotopic (exact) mass is 240 g/mol. The number of hydrogen-bond acceptors (Lipinski definition) is 1. The molecule has 2 rings (SSSR count). The van der Waals surface area contributed by atoms with E-state index in [2.05, 4.69) is 30.3 Å². The van der Waals surface area contributed by atoms with Gasteiger partial charge in [0, 0.05) is 10.3 Å². The summed E-state index contributed by atoms with van der Waals surface area (Å²) in [7, 11) is 0. The van der Waals surface area contributed by atoms with Crippen LogP contribution in [0.15, 0.2) is 35.2 Å². The Kier molecular flexibility index (Phi) is 4.40. The third-order valence-corrected chi connectivity index (χ3v) is 4.44. The molecule has 1 unspecified atom stereocenters. The van der Waals surface area contributed by atoms with Gasteiger partial charge in [0.15, 0.2) is 0 Å². The highest BCUT2D eigenvalue weighted by molar-refractivity contribution is 7.99. The Morgan fingerprint density at radius 1 is 1.27 bits per heavy atom. The van der Waals surface area contributed by atoms with Gasteiger partial charge in [0.25, 0.3) is 0 Å². The fraction of sp³-hybridized carbons (Fsp3) is 0.538. The second-order valence-corrected chi connectivity index (χ2v) is 5.89. The Labute approximate surface area is 101 Å². The molecule has 0 spiro atoms. The van der Waals surface area contributed by atoms with Crippen molar-refractivity contribution in [1.82, 2.24) is 0 Å². The lowest BCUT2D eigenvalue weighted by atomic mass is 10.2. The lowest BCUT2D eigenvalue weighted by Gasteiger charge is -2.06. The minimum atomic E-state index is 0.446. The van der Waals surface area contributed by atoms with Crippen LogP contribution >= 0.6 is 23.4 Å². The maximum absolute atomic E-state index is 6.25. The van der Waals surface area contributed by atoms with Crippen LogP contribution in [0.5, 0.6) is 0 Å². The summed E-state index contributed by atoms with van der Waals surface area (Å²) in [5.41, 5.74) is 0. The highest BCUT2D eigenvalue weighted by Gasteiger charge is 2.28. The van der Waals surface area contributed by atoms with Gasteiger partial charge in [0.05, 0.1) is 0 Å². The van der Waals surface area contributed by atoms with Gasteiger partial charge in [-0.25, -0.2) is 0 Å². The summed E-state index contributed by atoms with van der Waals surface area (Å²) in [6.07, 6.45) is 5.15. The normalized spacial score (nSPS) is 17.7. The van der Waals surface area contributed by atoms with Gasteiger partial charge >= 0.3 is 0 Å².